The Morgan fingerprint density at radius 3 is 2.71 bits per heavy atom. The topological polar surface area (TPSA) is 79.5 Å². The van der Waals surface area contributed by atoms with E-state index in [0.29, 0.717) is 24.4 Å². The lowest BCUT2D eigenvalue weighted by molar-refractivity contribution is 0.0947. The molecular formula is C22H27N3O3. The van der Waals surface area contributed by atoms with Crippen molar-refractivity contribution in [2.24, 2.45) is 0 Å². The Morgan fingerprint density at radius 2 is 1.89 bits per heavy atom. The summed E-state index contributed by atoms with van der Waals surface area (Å²) in [4.78, 5) is 24.1. The molecule has 0 saturated carbocycles. The monoisotopic (exact) mass is 381 g/mol. The largest absolute Gasteiger partial charge is 0.492 e. The summed E-state index contributed by atoms with van der Waals surface area (Å²) >= 11 is 0. The van der Waals surface area contributed by atoms with Gasteiger partial charge in [0.05, 0.1) is 6.54 Å². The Kier molecular flexibility index (Phi) is 6.53. The third-order valence-electron chi connectivity index (χ3n) is 4.53. The minimum Gasteiger partial charge on any atom is -0.492 e. The van der Waals surface area contributed by atoms with Crippen LogP contribution in [0.2, 0.25) is 0 Å². The third-order valence-corrected chi connectivity index (χ3v) is 4.53. The number of aryl methyl sites for hydroxylation is 2. The number of benzene rings is 2. The van der Waals surface area contributed by atoms with Crippen molar-refractivity contribution < 1.29 is 14.3 Å². The molecule has 2 aromatic rings. The van der Waals surface area contributed by atoms with E-state index in [2.05, 4.69) is 28.1 Å². The second-order valence-corrected chi connectivity index (χ2v) is 7.22. The number of carbonyl (C=O) groups is 2. The van der Waals surface area contributed by atoms with Crippen molar-refractivity contribution in [2.75, 3.05) is 18.5 Å². The number of urea groups is 1. The van der Waals surface area contributed by atoms with Crippen LogP contribution in [0.5, 0.6) is 5.75 Å². The molecule has 28 heavy (non-hydrogen) atoms. The summed E-state index contributed by atoms with van der Waals surface area (Å²) in [6, 6.07) is 12.8. The van der Waals surface area contributed by atoms with Gasteiger partial charge in [-0.05, 0) is 74.6 Å². The molecule has 148 valence electrons. The molecule has 6 nitrogen and oxygen atoms in total. The first-order valence-corrected chi connectivity index (χ1v) is 9.71. The van der Waals surface area contributed by atoms with Crippen molar-refractivity contribution in [1.82, 2.24) is 10.6 Å². The first-order chi connectivity index (χ1) is 13.5. The van der Waals surface area contributed by atoms with Crippen LogP contribution < -0.4 is 20.7 Å². The molecule has 0 aliphatic heterocycles. The van der Waals surface area contributed by atoms with E-state index in [0.717, 1.165) is 18.6 Å². The Morgan fingerprint density at radius 1 is 1.07 bits per heavy atom. The molecule has 0 fully saturated rings. The van der Waals surface area contributed by atoms with Gasteiger partial charge in [0.25, 0.3) is 5.91 Å². The van der Waals surface area contributed by atoms with Crippen LogP contribution >= 0.6 is 0 Å². The molecule has 3 rings (SSSR count). The number of fused-ring (bicyclic) bond motifs is 1. The van der Waals surface area contributed by atoms with Gasteiger partial charge in [-0.1, -0.05) is 12.1 Å². The van der Waals surface area contributed by atoms with Crippen LogP contribution in [0.1, 0.15) is 41.8 Å². The van der Waals surface area contributed by atoms with Crippen LogP contribution in [0, 0.1) is 0 Å². The van der Waals surface area contributed by atoms with Gasteiger partial charge >= 0.3 is 6.03 Å². The number of nitrogens with one attached hydrogen (secondary N) is 3. The van der Waals surface area contributed by atoms with E-state index in [1.807, 2.05) is 19.9 Å². The van der Waals surface area contributed by atoms with Crippen molar-refractivity contribution in [3.8, 4) is 5.75 Å². The number of rotatable bonds is 7. The van der Waals surface area contributed by atoms with Crippen molar-refractivity contribution >= 4 is 17.6 Å². The van der Waals surface area contributed by atoms with E-state index in [1.165, 1.54) is 17.5 Å². The fourth-order valence-corrected chi connectivity index (χ4v) is 3.24. The molecule has 3 N–H and O–H groups in total. The minimum absolute atomic E-state index is 0.0390. The predicted octanol–water partition coefficient (Wildman–Crippen LogP) is 3.51. The zero-order chi connectivity index (χ0) is 19.9. The molecule has 3 amide bonds. The van der Waals surface area contributed by atoms with E-state index in [9.17, 15) is 9.59 Å². The molecule has 0 heterocycles. The summed E-state index contributed by atoms with van der Waals surface area (Å²) in [7, 11) is 0. The standard InChI is InChI=1S/C22H27N3O3/c1-15(2)24-22(27)25-19-8-4-7-18(13-19)21(26)23-11-12-28-20-10-9-16-5-3-6-17(16)14-20/h4,7-10,13-15H,3,5-6,11-12H2,1-2H3,(H,23,26)(H2,24,25,27). The number of hydrogen-bond acceptors (Lipinski definition) is 3. The third kappa shape index (κ3) is 5.49. The number of amides is 3. The summed E-state index contributed by atoms with van der Waals surface area (Å²) in [5.41, 5.74) is 3.84. The van der Waals surface area contributed by atoms with Crippen molar-refractivity contribution in [3.63, 3.8) is 0 Å². The van der Waals surface area contributed by atoms with Crippen LogP contribution in [0.4, 0.5) is 10.5 Å². The Balaban J connectivity index is 1.45. The van der Waals surface area contributed by atoms with Gasteiger partial charge in [0.15, 0.2) is 0 Å². The SMILES string of the molecule is CC(C)NC(=O)Nc1cccc(C(=O)NCCOc2ccc3c(c2)CCC3)c1. The van der Waals surface area contributed by atoms with Gasteiger partial charge in [-0.3, -0.25) is 4.79 Å². The van der Waals surface area contributed by atoms with E-state index in [1.54, 1.807) is 24.3 Å². The molecule has 0 aromatic heterocycles. The molecule has 6 heteroatoms. The summed E-state index contributed by atoms with van der Waals surface area (Å²) in [5, 5.41) is 8.31. The van der Waals surface area contributed by atoms with E-state index in [4.69, 9.17) is 4.74 Å². The minimum atomic E-state index is -0.296. The number of ether oxygens (including phenoxy) is 1. The van der Waals surface area contributed by atoms with Gasteiger partial charge in [0.2, 0.25) is 0 Å². The van der Waals surface area contributed by atoms with Gasteiger partial charge in [0.1, 0.15) is 12.4 Å². The second kappa shape index (κ2) is 9.26. The molecule has 0 unspecified atom stereocenters. The van der Waals surface area contributed by atoms with Gasteiger partial charge in [-0.15, -0.1) is 0 Å². The zero-order valence-electron chi connectivity index (χ0n) is 16.4. The first-order valence-electron chi connectivity index (χ1n) is 9.71. The Hall–Kier alpha value is -3.02. The van der Waals surface area contributed by atoms with Gasteiger partial charge in [-0.2, -0.15) is 0 Å². The van der Waals surface area contributed by atoms with Crippen molar-refractivity contribution in [3.05, 3.63) is 59.2 Å². The predicted molar refractivity (Wildman–Crippen MR) is 110 cm³/mol. The summed E-state index contributed by atoms with van der Waals surface area (Å²) in [5.74, 6) is 0.641. The molecule has 0 spiro atoms. The van der Waals surface area contributed by atoms with Gasteiger partial charge < -0.3 is 20.7 Å². The van der Waals surface area contributed by atoms with E-state index >= 15 is 0 Å². The lowest BCUT2D eigenvalue weighted by Crippen LogP contribution is -2.34. The molecular weight excluding hydrogens is 354 g/mol. The molecule has 1 aliphatic carbocycles. The van der Waals surface area contributed by atoms with Gasteiger partial charge in [0, 0.05) is 17.3 Å². The molecule has 0 radical (unpaired) electrons. The van der Waals surface area contributed by atoms with Gasteiger partial charge in [-0.25, -0.2) is 4.79 Å². The number of anilines is 1. The van der Waals surface area contributed by atoms with Crippen LogP contribution in [-0.2, 0) is 12.8 Å². The first kappa shape index (κ1) is 19.7. The maximum absolute atomic E-state index is 12.3. The fraction of sp³-hybridized carbons (Fsp3) is 0.364. The second-order valence-electron chi connectivity index (χ2n) is 7.22. The molecule has 0 bridgehead atoms. The lowest BCUT2D eigenvalue weighted by Gasteiger charge is -2.11. The molecule has 0 atom stereocenters. The molecule has 2 aromatic carbocycles. The lowest BCUT2D eigenvalue weighted by atomic mass is 10.1. The highest BCUT2D eigenvalue weighted by atomic mass is 16.5. The highest BCUT2D eigenvalue weighted by molar-refractivity contribution is 5.96. The Bertz CT molecular complexity index is 849. The quantitative estimate of drug-likeness (QED) is 0.642. The summed E-state index contributed by atoms with van der Waals surface area (Å²) < 4.78 is 5.75. The van der Waals surface area contributed by atoms with E-state index < -0.39 is 0 Å². The maximum Gasteiger partial charge on any atom is 0.319 e. The van der Waals surface area contributed by atoms with Crippen molar-refractivity contribution in [1.29, 1.82) is 0 Å². The number of hydrogen-bond donors (Lipinski definition) is 3. The Labute approximate surface area is 165 Å². The van der Waals surface area contributed by atoms with E-state index in [-0.39, 0.29) is 18.0 Å². The summed E-state index contributed by atoms with van der Waals surface area (Å²) in [6.45, 7) is 4.57. The fourth-order valence-electron chi connectivity index (χ4n) is 3.24. The maximum atomic E-state index is 12.3. The van der Waals surface area contributed by atoms with Crippen molar-refractivity contribution in [2.45, 2.75) is 39.2 Å². The smallest absolute Gasteiger partial charge is 0.319 e. The van der Waals surface area contributed by atoms with Crippen LogP contribution in [0.15, 0.2) is 42.5 Å². The number of carbonyl (C=O) groups excluding carboxylic acids is 2. The normalized spacial score (nSPS) is 12.4. The van der Waals surface area contributed by atoms with Crippen LogP contribution in [-0.4, -0.2) is 31.1 Å². The van der Waals surface area contributed by atoms with Crippen LogP contribution in [0.25, 0.3) is 0 Å². The molecule has 0 saturated heterocycles. The highest BCUT2D eigenvalue weighted by Gasteiger charge is 2.11. The zero-order valence-corrected chi connectivity index (χ0v) is 16.4. The highest BCUT2D eigenvalue weighted by Crippen LogP contribution is 2.25. The average molecular weight is 381 g/mol. The van der Waals surface area contributed by atoms with Crippen LogP contribution in [0.3, 0.4) is 0 Å². The average Bonchev–Trinajstić information content (AvgIpc) is 3.12. The summed E-state index contributed by atoms with van der Waals surface area (Å²) in [6.07, 6.45) is 3.48. The molecule has 1 aliphatic rings.